The third kappa shape index (κ3) is 2.62. The van der Waals surface area contributed by atoms with E-state index < -0.39 is 0 Å². The van der Waals surface area contributed by atoms with Crippen molar-refractivity contribution in [1.82, 2.24) is 10.2 Å². The third-order valence-corrected chi connectivity index (χ3v) is 3.67. The van der Waals surface area contributed by atoms with Gasteiger partial charge in [-0.05, 0) is 41.8 Å². The number of hydrogen-bond donors (Lipinski definition) is 1. The van der Waals surface area contributed by atoms with Crippen molar-refractivity contribution in [2.24, 2.45) is 0 Å². The van der Waals surface area contributed by atoms with Crippen molar-refractivity contribution in [2.75, 3.05) is 13.1 Å². The lowest BCUT2D eigenvalue weighted by Gasteiger charge is -2.32. The number of piperidine rings is 1. The first-order valence-electron chi connectivity index (χ1n) is 5.84. The van der Waals surface area contributed by atoms with Crippen LogP contribution in [-0.2, 0) is 11.3 Å². The first-order valence-corrected chi connectivity index (χ1v) is 6.78. The Kier molecular flexibility index (Phi) is 3.96. The molecule has 4 heteroatoms. The Morgan fingerprint density at radius 1 is 1.62 bits per heavy atom. The maximum absolute atomic E-state index is 12.1. The summed E-state index contributed by atoms with van der Waals surface area (Å²) >= 11 is 1.69. The summed E-state index contributed by atoms with van der Waals surface area (Å²) in [6.07, 6.45) is 2.08. The van der Waals surface area contributed by atoms with Gasteiger partial charge in [0.1, 0.15) is 0 Å². The molecule has 1 aliphatic heterocycles. The molecule has 1 aromatic heterocycles. The molecule has 2 rings (SSSR count). The van der Waals surface area contributed by atoms with Gasteiger partial charge in [0.2, 0.25) is 5.91 Å². The number of hydrogen-bond acceptors (Lipinski definition) is 3. The van der Waals surface area contributed by atoms with Crippen molar-refractivity contribution in [1.29, 1.82) is 0 Å². The minimum atomic E-state index is 0.0392. The van der Waals surface area contributed by atoms with Crippen LogP contribution in [-0.4, -0.2) is 29.9 Å². The quantitative estimate of drug-likeness (QED) is 0.868. The van der Waals surface area contributed by atoms with Gasteiger partial charge < -0.3 is 10.2 Å². The van der Waals surface area contributed by atoms with Gasteiger partial charge in [0, 0.05) is 13.1 Å². The average molecular weight is 238 g/mol. The first-order chi connectivity index (χ1) is 7.81. The van der Waals surface area contributed by atoms with Gasteiger partial charge in [-0.3, -0.25) is 4.79 Å². The van der Waals surface area contributed by atoms with E-state index in [4.69, 9.17) is 0 Å². The molecule has 2 heterocycles. The molecule has 88 valence electrons. The maximum Gasteiger partial charge on any atom is 0.240 e. The molecule has 3 nitrogen and oxygen atoms in total. The second-order valence-corrected chi connectivity index (χ2v) is 4.92. The minimum absolute atomic E-state index is 0.0392. The monoisotopic (exact) mass is 238 g/mol. The number of nitrogens with zero attached hydrogens (tertiary/aromatic N) is 1. The van der Waals surface area contributed by atoms with Crippen LogP contribution in [0.2, 0.25) is 0 Å². The highest BCUT2D eigenvalue weighted by molar-refractivity contribution is 7.07. The number of rotatable bonds is 4. The van der Waals surface area contributed by atoms with Crippen LogP contribution in [0.1, 0.15) is 25.3 Å². The van der Waals surface area contributed by atoms with Crippen LogP contribution in [0.5, 0.6) is 0 Å². The molecule has 1 unspecified atom stereocenters. The molecular weight excluding hydrogens is 220 g/mol. The number of carbonyl (C=O) groups excluding carboxylic acids is 1. The summed E-state index contributed by atoms with van der Waals surface area (Å²) in [5.41, 5.74) is 1.25. The third-order valence-electron chi connectivity index (χ3n) is 2.93. The van der Waals surface area contributed by atoms with E-state index in [1.165, 1.54) is 5.56 Å². The molecule has 0 radical (unpaired) electrons. The molecule has 0 bridgehead atoms. The van der Waals surface area contributed by atoms with Crippen LogP contribution in [0.15, 0.2) is 16.8 Å². The Bertz CT molecular complexity index is 335. The summed E-state index contributed by atoms with van der Waals surface area (Å²) in [6, 6.07) is 2.13. The SMILES string of the molecule is CCNC1CCCN(Cc2ccsc2)C1=O. The second-order valence-electron chi connectivity index (χ2n) is 4.14. The number of nitrogens with one attached hydrogen (secondary N) is 1. The molecule has 1 N–H and O–H groups in total. The fourth-order valence-electron chi connectivity index (χ4n) is 2.14. The Labute approximate surface area is 100 Å². The van der Waals surface area contributed by atoms with Crippen molar-refractivity contribution in [2.45, 2.75) is 32.4 Å². The zero-order valence-electron chi connectivity index (χ0n) is 9.61. The van der Waals surface area contributed by atoms with Crippen molar-refractivity contribution in [3.8, 4) is 0 Å². The summed E-state index contributed by atoms with van der Waals surface area (Å²) < 4.78 is 0. The largest absolute Gasteiger partial charge is 0.337 e. The van der Waals surface area contributed by atoms with E-state index in [2.05, 4.69) is 22.1 Å². The molecule has 1 saturated heterocycles. The van der Waals surface area contributed by atoms with E-state index >= 15 is 0 Å². The Morgan fingerprint density at radius 2 is 2.50 bits per heavy atom. The Hall–Kier alpha value is -0.870. The standard InChI is InChI=1S/C12H18N2OS/c1-2-13-11-4-3-6-14(12(11)15)8-10-5-7-16-9-10/h5,7,9,11,13H,2-4,6,8H2,1H3. The number of likely N-dealkylation sites (tertiary alicyclic amines) is 1. The topological polar surface area (TPSA) is 32.3 Å². The van der Waals surface area contributed by atoms with Crippen LogP contribution in [0, 0.1) is 0 Å². The molecule has 1 fully saturated rings. The lowest BCUT2D eigenvalue weighted by molar-refractivity contribution is -0.136. The lowest BCUT2D eigenvalue weighted by atomic mass is 10.0. The lowest BCUT2D eigenvalue weighted by Crippen LogP contribution is -2.50. The highest BCUT2D eigenvalue weighted by Gasteiger charge is 2.27. The van der Waals surface area contributed by atoms with Gasteiger partial charge in [-0.25, -0.2) is 0 Å². The predicted molar refractivity (Wildman–Crippen MR) is 66.4 cm³/mol. The zero-order chi connectivity index (χ0) is 11.4. The smallest absolute Gasteiger partial charge is 0.240 e. The van der Waals surface area contributed by atoms with Crippen molar-refractivity contribution >= 4 is 17.2 Å². The van der Waals surface area contributed by atoms with Crippen LogP contribution < -0.4 is 5.32 Å². The summed E-state index contributed by atoms with van der Waals surface area (Å²) in [6.45, 7) is 4.58. The van der Waals surface area contributed by atoms with Gasteiger partial charge in [0.25, 0.3) is 0 Å². The van der Waals surface area contributed by atoms with E-state index in [0.717, 1.165) is 32.5 Å². The number of carbonyl (C=O) groups is 1. The van der Waals surface area contributed by atoms with Crippen molar-refractivity contribution in [3.05, 3.63) is 22.4 Å². The molecule has 1 amide bonds. The molecule has 0 aromatic carbocycles. The van der Waals surface area contributed by atoms with Crippen LogP contribution in [0.25, 0.3) is 0 Å². The van der Waals surface area contributed by atoms with Gasteiger partial charge >= 0.3 is 0 Å². The molecular formula is C12H18N2OS. The maximum atomic E-state index is 12.1. The summed E-state index contributed by atoms with van der Waals surface area (Å²) in [4.78, 5) is 14.1. The van der Waals surface area contributed by atoms with Gasteiger partial charge in [0.05, 0.1) is 6.04 Å². The number of amides is 1. The molecule has 1 atom stereocenters. The van der Waals surface area contributed by atoms with Gasteiger partial charge in [0.15, 0.2) is 0 Å². The molecule has 0 aliphatic carbocycles. The summed E-state index contributed by atoms with van der Waals surface area (Å²) in [5.74, 6) is 0.263. The van der Waals surface area contributed by atoms with E-state index in [0.29, 0.717) is 0 Å². The second kappa shape index (κ2) is 5.46. The van der Waals surface area contributed by atoms with Crippen LogP contribution in [0.4, 0.5) is 0 Å². The normalized spacial score (nSPS) is 21.4. The fraction of sp³-hybridized carbons (Fsp3) is 0.583. The number of thiophene rings is 1. The van der Waals surface area contributed by atoms with Crippen LogP contribution in [0.3, 0.4) is 0 Å². The van der Waals surface area contributed by atoms with Gasteiger partial charge in [-0.15, -0.1) is 0 Å². The molecule has 1 aromatic rings. The predicted octanol–water partition coefficient (Wildman–Crippen LogP) is 1.85. The van der Waals surface area contributed by atoms with E-state index in [9.17, 15) is 4.79 Å². The molecule has 0 saturated carbocycles. The zero-order valence-corrected chi connectivity index (χ0v) is 10.4. The van der Waals surface area contributed by atoms with Crippen molar-refractivity contribution in [3.63, 3.8) is 0 Å². The number of likely N-dealkylation sites (N-methyl/N-ethyl adjacent to an activating group) is 1. The fourth-order valence-corrected chi connectivity index (χ4v) is 2.80. The van der Waals surface area contributed by atoms with Gasteiger partial charge in [-0.2, -0.15) is 11.3 Å². The molecule has 0 spiro atoms. The van der Waals surface area contributed by atoms with E-state index in [1.807, 2.05) is 11.8 Å². The first kappa shape index (κ1) is 11.6. The Morgan fingerprint density at radius 3 is 3.19 bits per heavy atom. The van der Waals surface area contributed by atoms with Crippen molar-refractivity contribution < 1.29 is 4.79 Å². The summed E-state index contributed by atoms with van der Waals surface area (Å²) in [7, 11) is 0. The minimum Gasteiger partial charge on any atom is -0.337 e. The Balaban J connectivity index is 1.96. The average Bonchev–Trinajstić information content (AvgIpc) is 2.77. The van der Waals surface area contributed by atoms with E-state index in [-0.39, 0.29) is 11.9 Å². The molecule has 16 heavy (non-hydrogen) atoms. The summed E-state index contributed by atoms with van der Waals surface area (Å²) in [5, 5.41) is 7.43. The van der Waals surface area contributed by atoms with Crippen LogP contribution >= 0.6 is 11.3 Å². The van der Waals surface area contributed by atoms with Gasteiger partial charge in [-0.1, -0.05) is 6.92 Å². The highest BCUT2D eigenvalue weighted by atomic mass is 32.1. The highest BCUT2D eigenvalue weighted by Crippen LogP contribution is 2.16. The molecule has 1 aliphatic rings. The van der Waals surface area contributed by atoms with E-state index in [1.54, 1.807) is 11.3 Å².